The minimum atomic E-state index is 0.354. The minimum absolute atomic E-state index is 0.354. The third-order valence-corrected chi connectivity index (χ3v) is 3.85. The first-order valence-electron chi connectivity index (χ1n) is 6.95. The standard InChI is InChI=1S/C16H24N2/c1-14(17)16-9-12-18(13-10-16)11-5-8-15-6-3-2-4-7-15/h2-8,14,16H,9-13,17H2,1H3. The van der Waals surface area contributed by atoms with Crippen LogP contribution in [0.3, 0.4) is 0 Å². The molecule has 1 aromatic carbocycles. The first-order chi connectivity index (χ1) is 8.75. The van der Waals surface area contributed by atoms with E-state index in [1.54, 1.807) is 0 Å². The molecular weight excluding hydrogens is 220 g/mol. The molecule has 0 spiro atoms. The highest BCUT2D eigenvalue weighted by Crippen LogP contribution is 2.19. The molecule has 0 amide bonds. The predicted octanol–water partition coefficient (Wildman–Crippen LogP) is 2.76. The summed E-state index contributed by atoms with van der Waals surface area (Å²) in [6.45, 7) is 5.56. The molecule has 1 aliphatic heterocycles. The van der Waals surface area contributed by atoms with E-state index >= 15 is 0 Å². The van der Waals surface area contributed by atoms with Crippen LogP contribution in [0.4, 0.5) is 0 Å². The van der Waals surface area contributed by atoms with Crippen molar-refractivity contribution in [2.75, 3.05) is 19.6 Å². The van der Waals surface area contributed by atoms with Crippen LogP contribution in [0.2, 0.25) is 0 Å². The van der Waals surface area contributed by atoms with Gasteiger partial charge in [-0.1, -0.05) is 42.5 Å². The molecule has 2 rings (SSSR count). The Bertz CT molecular complexity index is 362. The molecule has 1 unspecified atom stereocenters. The minimum Gasteiger partial charge on any atom is -0.328 e. The van der Waals surface area contributed by atoms with E-state index in [0.717, 1.165) is 12.5 Å². The van der Waals surface area contributed by atoms with Crippen molar-refractivity contribution in [3.8, 4) is 0 Å². The van der Waals surface area contributed by atoms with Crippen LogP contribution in [0, 0.1) is 5.92 Å². The maximum absolute atomic E-state index is 5.96. The van der Waals surface area contributed by atoms with Gasteiger partial charge in [0, 0.05) is 12.6 Å². The van der Waals surface area contributed by atoms with Gasteiger partial charge in [-0.3, -0.25) is 4.90 Å². The Morgan fingerprint density at radius 1 is 1.28 bits per heavy atom. The second-order valence-corrected chi connectivity index (χ2v) is 5.31. The molecule has 1 heterocycles. The van der Waals surface area contributed by atoms with E-state index in [0.29, 0.717) is 6.04 Å². The summed E-state index contributed by atoms with van der Waals surface area (Å²) in [5, 5.41) is 0. The number of benzene rings is 1. The van der Waals surface area contributed by atoms with Gasteiger partial charge in [0.25, 0.3) is 0 Å². The molecule has 1 fully saturated rings. The molecule has 0 saturated carbocycles. The molecule has 18 heavy (non-hydrogen) atoms. The summed E-state index contributed by atoms with van der Waals surface area (Å²) in [6, 6.07) is 10.8. The zero-order valence-electron chi connectivity index (χ0n) is 11.3. The van der Waals surface area contributed by atoms with Crippen LogP contribution in [-0.4, -0.2) is 30.6 Å². The molecule has 0 radical (unpaired) electrons. The lowest BCUT2D eigenvalue weighted by atomic mass is 9.91. The quantitative estimate of drug-likeness (QED) is 0.882. The number of rotatable bonds is 4. The highest BCUT2D eigenvalue weighted by Gasteiger charge is 2.20. The Balaban J connectivity index is 1.74. The highest BCUT2D eigenvalue weighted by molar-refractivity contribution is 5.48. The molecule has 0 bridgehead atoms. The lowest BCUT2D eigenvalue weighted by Gasteiger charge is -2.32. The van der Waals surface area contributed by atoms with Crippen LogP contribution in [0.15, 0.2) is 36.4 Å². The summed E-state index contributed by atoms with van der Waals surface area (Å²) in [5.41, 5.74) is 7.24. The van der Waals surface area contributed by atoms with Crippen molar-refractivity contribution >= 4 is 6.08 Å². The largest absolute Gasteiger partial charge is 0.328 e. The third-order valence-electron chi connectivity index (χ3n) is 3.85. The first kappa shape index (κ1) is 13.3. The van der Waals surface area contributed by atoms with Crippen LogP contribution < -0.4 is 5.73 Å². The average Bonchev–Trinajstić information content (AvgIpc) is 2.40. The fraction of sp³-hybridized carbons (Fsp3) is 0.500. The van der Waals surface area contributed by atoms with E-state index in [4.69, 9.17) is 5.73 Å². The Kier molecular flexibility index (Phi) is 4.97. The number of hydrogen-bond donors (Lipinski definition) is 1. The van der Waals surface area contributed by atoms with Gasteiger partial charge in [0.05, 0.1) is 0 Å². The van der Waals surface area contributed by atoms with Crippen molar-refractivity contribution < 1.29 is 0 Å². The Hall–Kier alpha value is -1.12. The topological polar surface area (TPSA) is 29.3 Å². The Labute approximate surface area is 110 Å². The number of hydrogen-bond acceptors (Lipinski definition) is 2. The van der Waals surface area contributed by atoms with Crippen molar-refractivity contribution in [3.63, 3.8) is 0 Å². The van der Waals surface area contributed by atoms with Gasteiger partial charge in [0.2, 0.25) is 0 Å². The lowest BCUT2D eigenvalue weighted by molar-refractivity contribution is 0.187. The van der Waals surface area contributed by atoms with Crippen molar-refractivity contribution in [1.29, 1.82) is 0 Å². The van der Waals surface area contributed by atoms with Gasteiger partial charge in [-0.05, 0) is 44.3 Å². The third kappa shape index (κ3) is 3.97. The molecule has 1 atom stereocenters. The molecule has 0 aromatic heterocycles. The average molecular weight is 244 g/mol. The fourth-order valence-corrected chi connectivity index (χ4v) is 2.56. The summed E-state index contributed by atoms with van der Waals surface area (Å²) in [5.74, 6) is 0.722. The van der Waals surface area contributed by atoms with Gasteiger partial charge in [-0.25, -0.2) is 0 Å². The van der Waals surface area contributed by atoms with Crippen LogP contribution >= 0.6 is 0 Å². The lowest BCUT2D eigenvalue weighted by Crippen LogP contribution is -2.39. The van der Waals surface area contributed by atoms with Gasteiger partial charge >= 0.3 is 0 Å². The van der Waals surface area contributed by atoms with Crippen LogP contribution in [-0.2, 0) is 0 Å². The molecule has 1 aliphatic rings. The molecule has 2 heteroatoms. The van der Waals surface area contributed by atoms with Crippen molar-refractivity contribution in [2.24, 2.45) is 11.7 Å². The maximum atomic E-state index is 5.96. The van der Waals surface area contributed by atoms with E-state index in [1.165, 1.54) is 31.5 Å². The second-order valence-electron chi connectivity index (χ2n) is 5.31. The normalized spacial score (nSPS) is 20.3. The number of nitrogens with zero attached hydrogens (tertiary/aromatic N) is 1. The number of piperidine rings is 1. The Morgan fingerprint density at radius 2 is 1.94 bits per heavy atom. The second kappa shape index (κ2) is 6.72. The van der Waals surface area contributed by atoms with Crippen LogP contribution in [0.25, 0.3) is 6.08 Å². The molecule has 1 aromatic rings. The van der Waals surface area contributed by atoms with Gasteiger partial charge in [0.1, 0.15) is 0 Å². The summed E-state index contributed by atoms with van der Waals surface area (Å²) in [4.78, 5) is 2.51. The van der Waals surface area contributed by atoms with Crippen molar-refractivity contribution in [2.45, 2.75) is 25.8 Å². The summed E-state index contributed by atoms with van der Waals surface area (Å²) in [7, 11) is 0. The zero-order chi connectivity index (χ0) is 12.8. The summed E-state index contributed by atoms with van der Waals surface area (Å²) < 4.78 is 0. The molecule has 1 saturated heterocycles. The van der Waals surface area contributed by atoms with E-state index in [9.17, 15) is 0 Å². The smallest absolute Gasteiger partial charge is 0.0166 e. The van der Waals surface area contributed by atoms with Gasteiger partial charge < -0.3 is 5.73 Å². The first-order valence-corrected chi connectivity index (χ1v) is 6.95. The van der Waals surface area contributed by atoms with E-state index in [-0.39, 0.29) is 0 Å². The molecule has 98 valence electrons. The monoisotopic (exact) mass is 244 g/mol. The van der Waals surface area contributed by atoms with Crippen LogP contribution in [0.1, 0.15) is 25.3 Å². The fourth-order valence-electron chi connectivity index (χ4n) is 2.56. The Morgan fingerprint density at radius 3 is 2.56 bits per heavy atom. The van der Waals surface area contributed by atoms with Crippen molar-refractivity contribution in [3.05, 3.63) is 42.0 Å². The van der Waals surface area contributed by atoms with Gasteiger partial charge in [-0.2, -0.15) is 0 Å². The number of likely N-dealkylation sites (tertiary alicyclic amines) is 1. The highest BCUT2D eigenvalue weighted by atomic mass is 15.1. The molecule has 0 aliphatic carbocycles. The zero-order valence-corrected chi connectivity index (χ0v) is 11.3. The van der Waals surface area contributed by atoms with E-state index in [1.807, 2.05) is 0 Å². The maximum Gasteiger partial charge on any atom is 0.0166 e. The SMILES string of the molecule is CC(N)C1CCN(CC=Cc2ccccc2)CC1. The summed E-state index contributed by atoms with van der Waals surface area (Å²) in [6.07, 6.45) is 6.97. The predicted molar refractivity (Wildman–Crippen MR) is 78.3 cm³/mol. The van der Waals surface area contributed by atoms with E-state index in [2.05, 4.69) is 54.3 Å². The number of nitrogens with two attached hydrogens (primary N) is 1. The van der Waals surface area contributed by atoms with Gasteiger partial charge in [0.15, 0.2) is 0 Å². The van der Waals surface area contributed by atoms with Crippen molar-refractivity contribution in [1.82, 2.24) is 4.90 Å². The molecular formula is C16H24N2. The molecule has 2 nitrogen and oxygen atoms in total. The molecule has 2 N–H and O–H groups in total. The summed E-state index contributed by atoms with van der Waals surface area (Å²) >= 11 is 0. The van der Waals surface area contributed by atoms with Gasteiger partial charge in [-0.15, -0.1) is 0 Å². The van der Waals surface area contributed by atoms with E-state index < -0.39 is 0 Å². The van der Waals surface area contributed by atoms with Crippen LogP contribution in [0.5, 0.6) is 0 Å².